The minimum Gasteiger partial charge on any atom is -0.486 e. The summed E-state index contributed by atoms with van der Waals surface area (Å²) in [6.07, 6.45) is 1.52. The van der Waals surface area contributed by atoms with E-state index in [4.69, 9.17) is 13.9 Å². The lowest BCUT2D eigenvalue weighted by atomic mass is 10.3. The summed E-state index contributed by atoms with van der Waals surface area (Å²) in [5.41, 5.74) is 0. The molecule has 0 saturated heterocycles. The molecule has 0 radical (unpaired) electrons. The second-order valence-electron chi connectivity index (χ2n) is 4.90. The summed E-state index contributed by atoms with van der Waals surface area (Å²) >= 11 is 1.31. The van der Waals surface area contributed by atoms with E-state index in [1.807, 2.05) is 18.2 Å². The first-order valence-corrected chi connectivity index (χ1v) is 8.32. The van der Waals surface area contributed by atoms with Crippen LogP contribution in [-0.2, 0) is 11.3 Å². The standard InChI is InChI=1S/C16H16N2O5S/c19-15(18-16(20)17-9-11-2-1-5-21-11)10-24-12-3-4-13-14(8-12)23-7-6-22-13/h1-5,8H,6-7,9-10H2,(H2,17,18,19,20). The number of furan rings is 1. The Balaban J connectivity index is 1.42. The molecule has 2 aromatic rings. The summed E-state index contributed by atoms with van der Waals surface area (Å²) in [5, 5.41) is 4.81. The van der Waals surface area contributed by atoms with Gasteiger partial charge in [-0.25, -0.2) is 4.79 Å². The molecule has 0 spiro atoms. The fraction of sp³-hybridized carbons (Fsp3) is 0.250. The quantitative estimate of drug-likeness (QED) is 0.805. The minimum absolute atomic E-state index is 0.119. The molecule has 0 unspecified atom stereocenters. The van der Waals surface area contributed by atoms with Crippen LogP contribution in [0.2, 0.25) is 0 Å². The third-order valence-corrected chi connectivity index (χ3v) is 4.13. The molecule has 1 aliphatic heterocycles. The number of ether oxygens (including phenoxy) is 2. The molecule has 0 saturated carbocycles. The highest BCUT2D eigenvalue weighted by molar-refractivity contribution is 8.00. The third-order valence-electron chi connectivity index (χ3n) is 3.14. The van der Waals surface area contributed by atoms with Crippen molar-refractivity contribution in [2.24, 2.45) is 0 Å². The van der Waals surface area contributed by atoms with Gasteiger partial charge in [-0.1, -0.05) is 0 Å². The van der Waals surface area contributed by atoms with E-state index in [0.29, 0.717) is 30.5 Å². The van der Waals surface area contributed by atoms with Gasteiger partial charge in [0.05, 0.1) is 18.6 Å². The van der Waals surface area contributed by atoms with Crippen molar-refractivity contribution in [3.05, 3.63) is 42.4 Å². The maximum Gasteiger partial charge on any atom is 0.321 e. The molecule has 8 heteroatoms. The molecule has 1 aromatic carbocycles. The molecule has 2 N–H and O–H groups in total. The number of amides is 3. The van der Waals surface area contributed by atoms with Gasteiger partial charge in [0.1, 0.15) is 19.0 Å². The van der Waals surface area contributed by atoms with Gasteiger partial charge in [-0.05, 0) is 30.3 Å². The van der Waals surface area contributed by atoms with Gasteiger partial charge >= 0.3 is 6.03 Å². The Bertz CT molecular complexity index is 717. The number of hydrogen-bond donors (Lipinski definition) is 2. The van der Waals surface area contributed by atoms with Crippen molar-refractivity contribution in [3.63, 3.8) is 0 Å². The molecule has 126 valence electrons. The second-order valence-corrected chi connectivity index (χ2v) is 5.95. The highest BCUT2D eigenvalue weighted by Gasteiger charge is 2.13. The number of carbonyl (C=O) groups excluding carboxylic acids is 2. The van der Waals surface area contributed by atoms with E-state index in [0.717, 1.165) is 4.90 Å². The Kier molecular flexibility index (Phi) is 5.27. The van der Waals surface area contributed by atoms with Gasteiger partial charge in [-0.3, -0.25) is 10.1 Å². The van der Waals surface area contributed by atoms with Crippen LogP contribution in [0, 0.1) is 0 Å². The SMILES string of the molecule is O=C(CSc1ccc2c(c1)OCCO2)NC(=O)NCc1ccco1. The fourth-order valence-corrected chi connectivity index (χ4v) is 2.77. The number of hydrogen-bond acceptors (Lipinski definition) is 6. The molecule has 7 nitrogen and oxygen atoms in total. The highest BCUT2D eigenvalue weighted by atomic mass is 32.2. The minimum atomic E-state index is -0.556. The Morgan fingerprint density at radius 2 is 1.96 bits per heavy atom. The Morgan fingerprint density at radius 3 is 2.75 bits per heavy atom. The molecule has 3 amide bonds. The molecule has 3 rings (SSSR count). The van der Waals surface area contributed by atoms with Gasteiger partial charge < -0.3 is 19.2 Å². The first kappa shape index (κ1) is 16.3. The third kappa shape index (κ3) is 4.45. The number of imide groups is 1. The summed E-state index contributed by atoms with van der Waals surface area (Å²) in [5.74, 6) is 1.72. The van der Waals surface area contributed by atoms with Crippen LogP contribution in [0.4, 0.5) is 4.79 Å². The number of thioether (sulfide) groups is 1. The van der Waals surface area contributed by atoms with E-state index in [1.165, 1.54) is 18.0 Å². The van der Waals surface area contributed by atoms with E-state index in [2.05, 4.69) is 10.6 Å². The summed E-state index contributed by atoms with van der Waals surface area (Å²) in [6.45, 7) is 1.27. The van der Waals surface area contributed by atoms with E-state index in [-0.39, 0.29) is 18.2 Å². The molecule has 2 heterocycles. The zero-order valence-electron chi connectivity index (χ0n) is 12.7. The number of urea groups is 1. The molecule has 0 fully saturated rings. The van der Waals surface area contributed by atoms with Crippen LogP contribution in [0.25, 0.3) is 0 Å². The van der Waals surface area contributed by atoms with E-state index in [1.54, 1.807) is 12.1 Å². The molecular weight excluding hydrogens is 332 g/mol. The van der Waals surface area contributed by atoms with Crippen LogP contribution < -0.4 is 20.1 Å². The Morgan fingerprint density at radius 1 is 1.12 bits per heavy atom. The largest absolute Gasteiger partial charge is 0.486 e. The number of carbonyl (C=O) groups is 2. The van der Waals surface area contributed by atoms with Gasteiger partial charge in [0, 0.05) is 4.90 Å². The van der Waals surface area contributed by atoms with Crippen molar-refractivity contribution in [1.82, 2.24) is 10.6 Å². The van der Waals surface area contributed by atoms with Gasteiger partial charge in [-0.15, -0.1) is 11.8 Å². The lowest BCUT2D eigenvalue weighted by Gasteiger charge is -2.18. The first-order chi connectivity index (χ1) is 11.7. The van der Waals surface area contributed by atoms with Crippen LogP contribution in [-0.4, -0.2) is 30.9 Å². The number of benzene rings is 1. The van der Waals surface area contributed by atoms with Crippen molar-refractivity contribution in [1.29, 1.82) is 0 Å². The smallest absolute Gasteiger partial charge is 0.321 e. The van der Waals surface area contributed by atoms with Crippen LogP contribution in [0.1, 0.15) is 5.76 Å². The van der Waals surface area contributed by atoms with Crippen molar-refractivity contribution < 1.29 is 23.5 Å². The summed E-state index contributed by atoms with van der Waals surface area (Å²) in [7, 11) is 0. The summed E-state index contributed by atoms with van der Waals surface area (Å²) in [4.78, 5) is 24.3. The van der Waals surface area contributed by atoms with E-state index in [9.17, 15) is 9.59 Å². The summed E-state index contributed by atoms with van der Waals surface area (Å²) < 4.78 is 16.0. The normalized spacial score (nSPS) is 12.5. The van der Waals surface area contributed by atoms with Crippen LogP contribution in [0.5, 0.6) is 11.5 Å². The average Bonchev–Trinajstić information content (AvgIpc) is 3.11. The van der Waals surface area contributed by atoms with E-state index < -0.39 is 6.03 Å². The highest BCUT2D eigenvalue weighted by Crippen LogP contribution is 2.34. The molecule has 1 aromatic heterocycles. The maximum atomic E-state index is 11.8. The first-order valence-electron chi connectivity index (χ1n) is 7.33. The number of nitrogens with one attached hydrogen (secondary N) is 2. The topological polar surface area (TPSA) is 89.8 Å². The van der Waals surface area contributed by atoms with Crippen LogP contribution >= 0.6 is 11.8 Å². The van der Waals surface area contributed by atoms with Crippen molar-refractivity contribution in [2.45, 2.75) is 11.4 Å². The zero-order valence-corrected chi connectivity index (χ0v) is 13.6. The lowest BCUT2D eigenvalue weighted by Crippen LogP contribution is -2.39. The summed E-state index contributed by atoms with van der Waals surface area (Å²) in [6, 6.07) is 8.39. The molecule has 0 aliphatic carbocycles. The average molecular weight is 348 g/mol. The zero-order chi connectivity index (χ0) is 16.8. The molecular formula is C16H16N2O5S. The van der Waals surface area contributed by atoms with Gasteiger partial charge in [-0.2, -0.15) is 0 Å². The van der Waals surface area contributed by atoms with Crippen molar-refractivity contribution in [3.8, 4) is 11.5 Å². The monoisotopic (exact) mass is 348 g/mol. The predicted molar refractivity (Wildman–Crippen MR) is 87.2 cm³/mol. The molecule has 24 heavy (non-hydrogen) atoms. The fourth-order valence-electron chi connectivity index (χ4n) is 2.05. The van der Waals surface area contributed by atoms with Gasteiger partial charge in [0.2, 0.25) is 5.91 Å². The molecule has 0 bridgehead atoms. The predicted octanol–water partition coefficient (Wildman–Crippen LogP) is 2.17. The van der Waals surface area contributed by atoms with Gasteiger partial charge in [0.15, 0.2) is 11.5 Å². The number of fused-ring (bicyclic) bond motifs is 1. The van der Waals surface area contributed by atoms with Gasteiger partial charge in [0.25, 0.3) is 0 Å². The maximum absolute atomic E-state index is 11.8. The Labute approximate surface area is 142 Å². The molecule has 1 aliphatic rings. The lowest BCUT2D eigenvalue weighted by molar-refractivity contribution is -0.117. The van der Waals surface area contributed by atoms with Crippen molar-refractivity contribution >= 4 is 23.7 Å². The Hall–Kier alpha value is -2.61. The number of rotatable bonds is 5. The van der Waals surface area contributed by atoms with Crippen LogP contribution in [0.15, 0.2) is 45.9 Å². The van der Waals surface area contributed by atoms with Crippen molar-refractivity contribution in [2.75, 3.05) is 19.0 Å². The second kappa shape index (κ2) is 7.78. The molecule has 0 atom stereocenters. The van der Waals surface area contributed by atoms with E-state index >= 15 is 0 Å². The van der Waals surface area contributed by atoms with Crippen LogP contribution in [0.3, 0.4) is 0 Å².